The van der Waals surface area contributed by atoms with Gasteiger partial charge in [0.2, 0.25) is 27.7 Å². The van der Waals surface area contributed by atoms with Gasteiger partial charge in [-0.15, -0.1) is 6.58 Å². The van der Waals surface area contributed by atoms with Crippen molar-refractivity contribution < 1.29 is 46.2 Å². The van der Waals surface area contributed by atoms with Gasteiger partial charge in [-0.25, -0.2) is 22.6 Å². The minimum absolute atomic E-state index is 0.00916. The predicted octanol–water partition coefficient (Wildman–Crippen LogP) is 5.88. The average molecular weight is 923 g/mol. The van der Waals surface area contributed by atoms with Crippen LogP contribution >= 0.6 is 0 Å². The number of carbonyl (C=O) groups excluding carboxylic acids is 4. The fourth-order valence-corrected chi connectivity index (χ4v) is 11.3. The summed E-state index contributed by atoms with van der Waals surface area (Å²) in [4.78, 5) is 66.2. The van der Waals surface area contributed by atoms with E-state index in [2.05, 4.69) is 26.8 Å². The Kier molecular flexibility index (Phi) is 14.0. The molecule has 0 spiro atoms. The molecule has 7 atom stereocenters. The molecule has 17 heteroatoms. The van der Waals surface area contributed by atoms with E-state index in [-0.39, 0.29) is 30.9 Å². The molecule has 8 rings (SSSR count). The lowest BCUT2D eigenvalue weighted by molar-refractivity contribution is -0.143. The molecule has 3 saturated carbocycles. The van der Waals surface area contributed by atoms with Gasteiger partial charge in [0, 0.05) is 37.4 Å². The van der Waals surface area contributed by atoms with Crippen molar-refractivity contribution >= 4 is 44.7 Å². The number of amides is 4. The van der Waals surface area contributed by atoms with Gasteiger partial charge < -0.3 is 29.7 Å². The van der Waals surface area contributed by atoms with Gasteiger partial charge in [-0.2, -0.15) is 0 Å². The van der Waals surface area contributed by atoms with Crippen molar-refractivity contribution in [3.8, 4) is 11.6 Å². The van der Waals surface area contributed by atoms with Crippen molar-refractivity contribution in [2.45, 2.75) is 158 Å². The lowest BCUT2D eigenvalue weighted by atomic mass is 9.83. The third-order valence-corrected chi connectivity index (χ3v) is 17.2. The summed E-state index contributed by atoms with van der Waals surface area (Å²) in [5.41, 5.74) is -0.342. The third kappa shape index (κ3) is 10.4. The summed E-state index contributed by atoms with van der Waals surface area (Å²) < 4.78 is 60.7. The summed E-state index contributed by atoms with van der Waals surface area (Å²) >= 11 is 0. The third-order valence-electron chi connectivity index (χ3n) is 15.0. The standard InChI is InChI=1S/C48H67FN6O9S/c1-5-30(2)48(4,45(58)53-65(60,61)47(3)21-22-47)52-42(56)38-26-34-29-55(38)44(57)40(31-15-8-6-9-16-31)51-46(59)64-39-25-32(39)17-10-7-11-19-36-41(62-24-14-23-54-27-33(49)28-54)35-18-12-13-20-37(35)50-43(36)63-34/h5,12-13,18,20,30-34,38-40H,1,6-11,14-17,19,21-29H2,2-4H3,(H,51,59)(H,52,56)(H,53,58). The first-order valence-corrected chi connectivity index (χ1v) is 25.4. The number of nitrogens with zero attached hydrogens (tertiary/aromatic N) is 3. The molecule has 2 bridgehead atoms. The van der Waals surface area contributed by atoms with E-state index in [9.17, 15) is 27.2 Å². The van der Waals surface area contributed by atoms with E-state index in [1.807, 2.05) is 24.3 Å². The molecule has 15 nitrogen and oxygen atoms in total. The molecule has 4 amide bonds. The minimum atomic E-state index is -4.07. The van der Waals surface area contributed by atoms with Crippen molar-refractivity contribution in [3.05, 3.63) is 42.5 Å². The molecule has 0 radical (unpaired) electrons. The maximum atomic E-state index is 15.1. The van der Waals surface area contributed by atoms with Crippen LogP contribution in [0.4, 0.5) is 9.18 Å². The second-order valence-electron chi connectivity index (χ2n) is 19.9. The number of rotatable bonds is 13. The molecule has 2 saturated heterocycles. The maximum Gasteiger partial charge on any atom is 0.408 e. The molecule has 356 valence electrons. The van der Waals surface area contributed by atoms with E-state index in [1.165, 1.54) is 17.9 Å². The quantitative estimate of drug-likeness (QED) is 0.161. The smallest absolute Gasteiger partial charge is 0.408 e. The van der Waals surface area contributed by atoms with Gasteiger partial charge in [-0.3, -0.25) is 24.0 Å². The van der Waals surface area contributed by atoms with Crippen LogP contribution < -0.4 is 24.8 Å². The van der Waals surface area contributed by atoms with Crippen molar-refractivity contribution in [2.75, 3.05) is 32.8 Å². The van der Waals surface area contributed by atoms with Crippen LogP contribution in [0.25, 0.3) is 10.9 Å². The maximum absolute atomic E-state index is 15.1. The molecule has 3 aliphatic carbocycles. The summed E-state index contributed by atoms with van der Waals surface area (Å²) in [5, 5.41) is 6.65. The molecule has 3 N–H and O–H groups in total. The number of fused-ring (bicyclic) bond motifs is 5. The molecule has 5 fully saturated rings. The summed E-state index contributed by atoms with van der Waals surface area (Å²) in [6.45, 7) is 10.5. The number of benzene rings is 1. The van der Waals surface area contributed by atoms with Crippen LogP contribution in [0.2, 0.25) is 0 Å². The highest BCUT2D eigenvalue weighted by Crippen LogP contribution is 2.43. The van der Waals surface area contributed by atoms with Gasteiger partial charge in [0.25, 0.3) is 5.91 Å². The molecule has 1 aromatic carbocycles. The highest BCUT2D eigenvalue weighted by atomic mass is 32.2. The SMILES string of the molecule is C=CC(C)C(C)(NC(=O)C1CC2CN1C(=O)C(C1CCCCC1)NC(=O)OC1CC1CCCCCc1c(nc3ccccc3c1OCCCN1CC(F)C1)O2)C(=O)NS(=O)(=O)C1(C)CC1. The van der Waals surface area contributed by atoms with Crippen LogP contribution in [0.1, 0.15) is 116 Å². The Balaban J connectivity index is 1.13. The lowest BCUT2D eigenvalue weighted by Gasteiger charge is -2.37. The van der Waals surface area contributed by atoms with Gasteiger partial charge in [-0.1, -0.05) is 57.2 Å². The second-order valence-corrected chi connectivity index (χ2v) is 22.1. The molecule has 7 unspecified atom stereocenters. The number of hydrogen-bond donors (Lipinski definition) is 3. The van der Waals surface area contributed by atoms with Gasteiger partial charge in [0.15, 0.2) is 0 Å². The summed E-state index contributed by atoms with van der Waals surface area (Å²) in [6, 6.07) is 5.53. The number of ether oxygens (including phenoxy) is 3. The number of likely N-dealkylation sites (tertiary alicyclic amines) is 1. The Labute approximate surface area is 382 Å². The summed E-state index contributed by atoms with van der Waals surface area (Å²) in [7, 11) is -4.07. The number of halogens is 1. The van der Waals surface area contributed by atoms with Crippen LogP contribution in [-0.4, -0.2) is 121 Å². The molecule has 4 heterocycles. The first-order valence-electron chi connectivity index (χ1n) is 24.0. The van der Waals surface area contributed by atoms with Crippen LogP contribution in [0, 0.1) is 17.8 Å². The Morgan fingerprint density at radius 1 is 1.05 bits per heavy atom. The van der Waals surface area contributed by atoms with Crippen molar-refractivity contribution in [1.82, 2.24) is 30.1 Å². The number of aromatic nitrogens is 1. The normalized spacial score (nSPS) is 28.0. The van der Waals surface area contributed by atoms with E-state index in [0.29, 0.717) is 81.9 Å². The number of hydrogen-bond acceptors (Lipinski definition) is 11. The van der Waals surface area contributed by atoms with Gasteiger partial charge >= 0.3 is 6.09 Å². The fraction of sp³-hybridized carbons (Fsp3) is 0.688. The van der Waals surface area contributed by atoms with Gasteiger partial charge in [-0.05, 0) is 95.6 Å². The zero-order chi connectivity index (χ0) is 46.1. The monoisotopic (exact) mass is 922 g/mol. The Morgan fingerprint density at radius 3 is 2.46 bits per heavy atom. The number of nitrogens with one attached hydrogen (secondary N) is 3. The van der Waals surface area contributed by atoms with Crippen molar-refractivity contribution in [2.24, 2.45) is 17.8 Å². The molecule has 65 heavy (non-hydrogen) atoms. The highest BCUT2D eigenvalue weighted by molar-refractivity contribution is 7.91. The number of pyridine rings is 1. The number of alkyl halides is 1. The fourth-order valence-electron chi connectivity index (χ4n) is 9.99. The average Bonchev–Trinajstić information content (AvgIpc) is 4.17. The van der Waals surface area contributed by atoms with Crippen molar-refractivity contribution in [3.63, 3.8) is 0 Å². The van der Waals surface area contributed by atoms with E-state index >= 15 is 4.79 Å². The minimum Gasteiger partial charge on any atom is -0.492 e. The van der Waals surface area contributed by atoms with E-state index < -0.39 is 74.4 Å². The number of para-hydroxylation sites is 1. The molecule has 6 aliphatic rings. The van der Waals surface area contributed by atoms with E-state index in [1.54, 1.807) is 13.8 Å². The summed E-state index contributed by atoms with van der Waals surface area (Å²) in [6.07, 6.45) is 9.67. The molecule has 1 aromatic heterocycles. The van der Waals surface area contributed by atoms with Gasteiger partial charge in [0.1, 0.15) is 41.8 Å². The molecular weight excluding hydrogens is 856 g/mol. The number of alkyl carbamates (subject to hydrolysis) is 1. The molecular formula is C48H67FN6O9S. The summed E-state index contributed by atoms with van der Waals surface area (Å²) in [5.74, 6) is -1.74. The van der Waals surface area contributed by atoms with E-state index in [4.69, 9.17) is 19.2 Å². The highest BCUT2D eigenvalue weighted by Gasteiger charge is 2.54. The zero-order valence-corrected chi connectivity index (χ0v) is 39.0. The first kappa shape index (κ1) is 47.0. The topological polar surface area (TPSA) is 186 Å². The van der Waals surface area contributed by atoms with Crippen molar-refractivity contribution in [1.29, 1.82) is 0 Å². The predicted molar refractivity (Wildman–Crippen MR) is 242 cm³/mol. The zero-order valence-electron chi connectivity index (χ0n) is 38.2. The Hall–Kier alpha value is -4.51. The van der Waals surface area contributed by atoms with E-state index in [0.717, 1.165) is 62.3 Å². The number of sulfonamides is 1. The number of carbonyl (C=O) groups is 4. The molecule has 2 aromatic rings. The Morgan fingerprint density at radius 2 is 1.75 bits per heavy atom. The van der Waals surface area contributed by atoms with Crippen LogP contribution in [0.3, 0.4) is 0 Å². The Bertz CT molecular complexity index is 2230. The van der Waals surface area contributed by atoms with Crippen LogP contribution in [0.15, 0.2) is 36.9 Å². The van der Waals surface area contributed by atoms with Gasteiger partial charge in [0.05, 0.1) is 29.0 Å². The van der Waals surface area contributed by atoms with Crippen LogP contribution in [0.5, 0.6) is 11.6 Å². The first-order chi connectivity index (χ1) is 31.1. The second kappa shape index (κ2) is 19.4. The largest absolute Gasteiger partial charge is 0.492 e. The van der Waals surface area contributed by atoms with Crippen LogP contribution in [-0.2, 0) is 35.6 Å². The molecule has 3 aliphatic heterocycles. The lowest BCUT2D eigenvalue weighted by Crippen LogP contribution is -2.64.